The van der Waals surface area contributed by atoms with Crippen LogP contribution in [0.15, 0.2) is 23.3 Å². The number of guanidine groups is 1. The number of hydrogen-bond acceptors (Lipinski definition) is 4. The summed E-state index contributed by atoms with van der Waals surface area (Å²) in [6.07, 6.45) is 8.79. The third-order valence-electron chi connectivity index (χ3n) is 5.41. The van der Waals surface area contributed by atoms with Gasteiger partial charge in [0.2, 0.25) is 5.91 Å². The summed E-state index contributed by atoms with van der Waals surface area (Å²) in [5.74, 6) is 0.857. The van der Waals surface area contributed by atoms with E-state index < -0.39 is 0 Å². The lowest BCUT2D eigenvalue weighted by molar-refractivity contribution is -0.121. The molecule has 2 aliphatic rings. The minimum absolute atomic E-state index is 0. The van der Waals surface area contributed by atoms with Gasteiger partial charge in [-0.1, -0.05) is 19.3 Å². The zero-order valence-electron chi connectivity index (χ0n) is 17.0. The number of carbonyl (C=O) groups is 1. The van der Waals surface area contributed by atoms with Gasteiger partial charge in [-0.15, -0.1) is 24.0 Å². The van der Waals surface area contributed by atoms with Crippen molar-refractivity contribution in [1.82, 2.24) is 20.9 Å². The Morgan fingerprint density at radius 3 is 2.76 bits per heavy atom. The Kier molecular flexibility index (Phi) is 9.89. The van der Waals surface area contributed by atoms with Crippen LogP contribution in [0.4, 0.5) is 10.2 Å². The van der Waals surface area contributed by atoms with Crippen molar-refractivity contribution in [2.45, 2.75) is 57.0 Å². The average Bonchev–Trinajstić information content (AvgIpc) is 3.16. The van der Waals surface area contributed by atoms with Crippen molar-refractivity contribution in [2.75, 3.05) is 31.6 Å². The molecule has 1 saturated heterocycles. The predicted molar refractivity (Wildman–Crippen MR) is 124 cm³/mol. The molecule has 9 heteroatoms. The standard InChI is InChI=1S/C20H31FN6O.HI/c1-22-20(24-12-9-18(28)25-15-6-3-2-4-7-15)26-16-10-13-27(14-16)19-17(21)8-5-11-23-19;/h5,8,11,15-16H,2-4,6-7,9-10,12-14H2,1H3,(H,25,28)(H2,22,24,26);1H. The van der Waals surface area contributed by atoms with E-state index >= 15 is 0 Å². The number of halogens is 2. The van der Waals surface area contributed by atoms with Gasteiger partial charge < -0.3 is 20.9 Å². The van der Waals surface area contributed by atoms with E-state index in [1.165, 1.54) is 25.3 Å². The molecule has 1 aromatic rings. The average molecular weight is 518 g/mol. The quantitative estimate of drug-likeness (QED) is 0.306. The summed E-state index contributed by atoms with van der Waals surface area (Å²) in [4.78, 5) is 22.4. The fraction of sp³-hybridized carbons (Fsp3) is 0.650. The molecule has 3 N–H and O–H groups in total. The van der Waals surface area contributed by atoms with Gasteiger partial charge in [-0.2, -0.15) is 0 Å². The summed E-state index contributed by atoms with van der Waals surface area (Å²) < 4.78 is 13.9. The fourth-order valence-electron chi connectivity index (χ4n) is 3.91. The van der Waals surface area contributed by atoms with Crippen LogP contribution in [0, 0.1) is 5.82 Å². The number of rotatable bonds is 6. The lowest BCUT2D eigenvalue weighted by Crippen LogP contribution is -2.46. The molecule has 0 aromatic carbocycles. The zero-order valence-corrected chi connectivity index (χ0v) is 19.3. The van der Waals surface area contributed by atoms with Crippen LogP contribution in [0.3, 0.4) is 0 Å². The molecule has 1 aliphatic heterocycles. The minimum Gasteiger partial charge on any atom is -0.356 e. The van der Waals surface area contributed by atoms with Crippen LogP contribution >= 0.6 is 24.0 Å². The first-order chi connectivity index (χ1) is 13.7. The Balaban J connectivity index is 0.00000300. The topological polar surface area (TPSA) is 81.6 Å². The van der Waals surface area contributed by atoms with Crippen molar-refractivity contribution in [3.05, 3.63) is 24.1 Å². The number of aliphatic imine (C=N–C) groups is 1. The fourth-order valence-corrected chi connectivity index (χ4v) is 3.91. The molecule has 1 aromatic heterocycles. The third-order valence-corrected chi connectivity index (χ3v) is 5.41. The molecule has 2 fully saturated rings. The van der Waals surface area contributed by atoms with E-state index in [4.69, 9.17) is 0 Å². The summed E-state index contributed by atoms with van der Waals surface area (Å²) >= 11 is 0. The highest BCUT2D eigenvalue weighted by Gasteiger charge is 2.26. The Morgan fingerprint density at radius 2 is 2.03 bits per heavy atom. The number of nitrogens with one attached hydrogen (secondary N) is 3. The van der Waals surface area contributed by atoms with Crippen LogP contribution in [0.5, 0.6) is 0 Å². The number of amides is 1. The Labute approximate surface area is 189 Å². The van der Waals surface area contributed by atoms with Crippen LogP contribution in [0.2, 0.25) is 0 Å². The number of nitrogens with zero attached hydrogens (tertiary/aromatic N) is 3. The highest BCUT2D eigenvalue weighted by atomic mass is 127. The maximum absolute atomic E-state index is 13.9. The Bertz CT molecular complexity index is 683. The van der Waals surface area contributed by atoms with E-state index in [1.54, 1.807) is 19.3 Å². The lowest BCUT2D eigenvalue weighted by Gasteiger charge is -2.23. The molecule has 0 bridgehead atoms. The number of aromatic nitrogens is 1. The SMILES string of the molecule is CN=C(NCCC(=O)NC1CCCCC1)NC1CCN(c2ncccc2F)C1.I. The molecule has 1 unspecified atom stereocenters. The molecule has 1 saturated carbocycles. The summed E-state index contributed by atoms with van der Waals surface area (Å²) in [5, 5.41) is 9.68. The monoisotopic (exact) mass is 518 g/mol. The minimum atomic E-state index is -0.297. The first kappa shape index (κ1) is 23.6. The molecule has 1 atom stereocenters. The van der Waals surface area contributed by atoms with Gasteiger partial charge in [-0.25, -0.2) is 9.37 Å². The van der Waals surface area contributed by atoms with Gasteiger partial charge in [0.05, 0.1) is 0 Å². The van der Waals surface area contributed by atoms with Crippen LogP contribution < -0.4 is 20.9 Å². The van der Waals surface area contributed by atoms with E-state index in [-0.39, 0.29) is 41.7 Å². The van der Waals surface area contributed by atoms with E-state index in [0.717, 1.165) is 25.8 Å². The van der Waals surface area contributed by atoms with Crippen LogP contribution in [0.1, 0.15) is 44.9 Å². The maximum atomic E-state index is 13.9. The second-order valence-corrected chi connectivity index (χ2v) is 7.54. The first-order valence-electron chi connectivity index (χ1n) is 10.3. The third kappa shape index (κ3) is 7.27. The lowest BCUT2D eigenvalue weighted by atomic mass is 9.95. The molecular formula is C20H32FIN6O. The Hall–Kier alpha value is -1.65. The van der Waals surface area contributed by atoms with E-state index in [2.05, 4.69) is 25.9 Å². The van der Waals surface area contributed by atoms with Crippen LogP contribution in [-0.2, 0) is 4.79 Å². The number of carbonyl (C=O) groups excluding carboxylic acids is 1. The van der Waals surface area contributed by atoms with Crippen LogP contribution in [-0.4, -0.2) is 55.6 Å². The molecule has 0 radical (unpaired) electrons. The summed E-state index contributed by atoms with van der Waals surface area (Å²) in [5.41, 5.74) is 0. The largest absolute Gasteiger partial charge is 0.356 e. The summed E-state index contributed by atoms with van der Waals surface area (Å²) in [6.45, 7) is 1.94. The first-order valence-corrected chi connectivity index (χ1v) is 10.3. The van der Waals surface area contributed by atoms with Gasteiger partial charge in [-0.3, -0.25) is 9.79 Å². The van der Waals surface area contributed by atoms with Crippen molar-refractivity contribution >= 4 is 41.7 Å². The molecule has 29 heavy (non-hydrogen) atoms. The molecule has 0 spiro atoms. The Morgan fingerprint density at radius 1 is 1.24 bits per heavy atom. The smallest absolute Gasteiger partial charge is 0.221 e. The maximum Gasteiger partial charge on any atom is 0.221 e. The van der Waals surface area contributed by atoms with Crippen molar-refractivity contribution < 1.29 is 9.18 Å². The van der Waals surface area contributed by atoms with Crippen molar-refractivity contribution in [2.24, 2.45) is 4.99 Å². The molecule has 2 heterocycles. The van der Waals surface area contributed by atoms with Crippen molar-refractivity contribution in [1.29, 1.82) is 0 Å². The highest BCUT2D eigenvalue weighted by molar-refractivity contribution is 14.0. The van der Waals surface area contributed by atoms with Crippen molar-refractivity contribution in [3.63, 3.8) is 0 Å². The molecular weight excluding hydrogens is 486 g/mol. The normalized spacial score (nSPS) is 20.1. The van der Waals surface area contributed by atoms with Gasteiger partial charge in [0.15, 0.2) is 17.6 Å². The van der Waals surface area contributed by atoms with E-state index in [0.29, 0.717) is 37.3 Å². The molecule has 3 rings (SSSR count). The zero-order chi connectivity index (χ0) is 19.8. The second-order valence-electron chi connectivity index (χ2n) is 7.54. The molecule has 162 valence electrons. The van der Waals surface area contributed by atoms with Gasteiger partial charge in [-0.05, 0) is 31.4 Å². The summed E-state index contributed by atoms with van der Waals surface area (Å²) in [7, 11) is 1.71. The second kappa shape index (κ2) is 12.1. The molecule has 1 amide bonds. The van der Waals surface area contributed by atoms with E-state index in [9.17, 15) is 9.18 Å². The number of hydrogen-bond donors (Lipinski definition) is 3. The van der Waals surface area contributed by atoms with Crippen molar-refractivity contribution in [3.8, 4) is 0 Å². The summed E-state index contributed by atoms with van der Waals surface area (Å²) in [6, 6.07) is 3.53. The predicted octanol–water partition coefficient (Wildman–Crippen LogP) is 2.42. The number of pyridine rings is 1. The van der Waals surface area contributed by atoms with E-state index in [1.807, 2.05) is 4.90 Å². The number of anilines is 1. The van der Waals surface area contributed by atoms with Gasteiger partial charge in [0.25, 0.3) is 0 Å². The molecule has 1 aliphatic carbocycles. The highest BCUT2D eigenvalue weighted by Crippen LogP contribution is 2.20. The van der Waals surface area contributed by atoms with Gasteiger partial charge in [0.1, 0.15) is 0 Å². The molecule has 7 nitrogen and oxygen atoms in total. The van der Waals surface area contributed by atoms with Gasteiger partial charge in [0, 0.05) is 51.4 Å². The van der Waals surface area contributed by atoms with Crippen LogP contribution in [0.25, 0.3) is 0 Å². The van der Waals surface area contributed by atoms with Gasteiger partial charge >= 0.3 is 0 Å².